The van der Waals surface area contributed by atoms with E-state index in [4.69, 9.17) is 4.84 Å². The van der Waals surface area contributed by atoms with Crippen molar-refractivity contribution in [3.8, 4) is 0 Å². The lowest BCUT2D eigenvalue weighted by molar-refractivity contribution is -0.184. The van der Waals surface area contributed by atoms with Crippen LogP contribution in [0.4, 0.5) is 13.2 Å². The van der Waals surface area contributed by atoms with E-state index in [-0.39, 0.29) is 55.1 Å². The SMILES string of the molecule is O=C(CCC1NC(C2CCC(C(F)(F)F)CC2)NO1)NCCCCNC1NNC(=O)C2CCCCC12. The standard InChI is InChI=1S/C24H41F3N6O3/c25-24(26,27)16-9-7-15(8-10-16)21-30-20(36-33-21)12-11-19(34)28-13-3-4-14-29-22-17-5-1-2-6-18(17)23(35)32-31-22/h15-18,20-22,29-31,33H,1-14H2,(H,28,34)(H,32,35). The molecule has 0 aromatic heterocycles. The van der Waals surface area contributed by atoms with Crippen molar-refractivity contribution in [1.29, 1.82) is 0 Å². The van der Waals surface area contributed by atoms with Crippen LogP contribution in [0.1, 0.15) is 77.0 Å². The number of unbranched alkanes of at least 4 members (excludes halogenated alkanes) is 1. The Morgan fingerprint density at radius 3 is 2.56 bits per heavy atom. The van der Waals surface area contributed by atoms with E-state index in [1.807, 2.05) is 0 Å². The van der Waals surface area contributed by atoms with Crippen molar-refractivity contribution >= 4 is 11.8 Å². The predicted molar refractivity (Wildman–Crippen MR) is 126 cm³/mol. The zero-order valence-electron chi connectivity index (χ0n) is 20.8. The molecule has 0 radical (unpaired) electrons. The second-order valence-electron chi connectivity index (χ2n) is 10.7. The number of carbonyl (C=O) groups is 2. The Balaban J connectivity index is 1.02. The van der Waals surface area contributed by atoms with Crippen LogP contribution < -0.4 is 32.3 Å². The van der Waals surface area contributed by atoms with Gasteiger partial charge in [-0.3, -0.25) is 25.2 Å². The highest BCUT2D eigenvalue weighted by Gasteiger charge is 2.43. The first-order valence-electron chi connectivity index (χ1n) is 13.6. The molecule has 2 heterocycles. The molecule has 0 spiro atoms. The normalized spacial score (nSPS) is 35.2. The van der Waals surface area contributed by atoms with Gasteiger partial charge in [0.25, 0.3) is 0 Å². The maximum Gasteiger partial charge on any atom is 0.391 e. The fourth-order valence-electron chi connectivity index (χ4n) is 6.10. The molecule has 6 N–H and O–H groups in total. The molecule has 12 heteroatoms. The minimum atomic E-state index is -4.10. The van der Waals surface area contributed by atoms with Crippen molar-refractivity contribution in [2.45, 2.75) is 102 Å². The highest BCUT2D eigenvalue weighted by molar-refractivity contribution is 5.79. The first-order valence-corrected chi connectivity index (χ1v) is 13.6. The number of halogens is 3. The Kier molecular flexibility index (Phi) is 9.84. The zero-order chi connectivity index (χ0) is 25.5. The number of fused-ring (bicyclic) bond motifs is 1. The number of carbonyl (C=O) groups excluding carboxylic acids is 2. The number of nitrogens with one attached hydrogen (secondary N) is 6. The van der Waals surface area contributed by atoms with Gasteiger partial charge in [-0.1, -0.05) is 12.8 Å². The van der Waals surface area contributed by atoms with Crippen LogP contribution in [0.3, 0.4) is 0 Å². The van der Waals surface area contributed by atoms with E-state index < -0.39 is 12.1 Å². The van der Waals surface area contributed by atoms with Gasteiger partial charge in [-0.25, -0.2) is 5.43 Å². The quantitative estimate of drug-likeness (QED) is 0.246. The largest absolute Gasteiger partial charge is 0.391 e. The maximum absolute atomic E-state index is 12.9. The average Bonchev–Trinajstić information content (AvgIpc) is 3.35. The lowest BCUT2D eigenvalue weighted by Crippen LogP contribution is -2.64. The molecule has 36 heavy (non-hydrogen) atoms. The Labute approximate surface area is 210 Å². The fraction of sp³-hybridized carbons (Fsp3) is 0.917. The van der Waals surface area contributed by atoms with Crippen LogP contribution in [0.15, 0.2) is 0 Å². The Morgan fingerprint density at radius 1 is 1.03 bits per heavy atom. The molecule has 2 aliphatic heterocycles. The summed E-state index contributed by atoms with van der Waals surface area (Å²) in [5, 5.41) is 9.72. The van der Waals surface area contributed by atoms with Crippen molar-refractivity contribution in [2.24, 2.45) is 23.7 Å². The van der Waals surface area contributed by atoms with Crippen LogP contribution >= 0.6 is 0 Å². The van der Waals surface area contributed by atoms with Crippen LogP contribution in [-0.2, 0) is 14.4 Å². The highest BCUT2D eigenvalue weighted by atomic mass is 19.4. The smallest absolute Gasteiger partial charge is 0.356 e. The van der Waals surface area contributed by atoms with Crippen LogP contribution in [0.25, 0.3) is 0 Å². The van der Waals surface area contributed by atoms with E-state index in [1.54, 1.807) is 0 Å². The Bertz CT molecular complexity index is 734. The summed E-state index contributed by atoms with van der Waals surface area (Å²) in [6.07, 6.45) is 3.73. The summed E-state index contributed by atoms with van der Waals surface area (Å²) in [4.78, 5) is 29.7. The molecule has 2 amide bonds. The molecule has 4 aliphatic rings. The molecule has 0 aromatic carbocycles. The van der Waals surface area contributed by atoms with Crippen molar-refractivity contribution < 1.29 is 27.6 Å². The summed E-state index contributed by atoms with van der Waals surface area (Å²) in [6.45, 7) is 1.41. The molecule has 0 aromatic rings. The summed E-state index contributed by atoms with van der Waals surface area (Å²) >= 11 is 0. The van der Waals surface area contributed by atoms with E-state index in [2.05, 4.69) is 32.3 Å². The topological polar surface area (TPSA) is 116 Å². The summed E-state index contributed by atoms with van der Waals surface area (Å²) in [7, 11) is 0. The second kappa shape index (κ2) is 12.9. The Morgan fingerprint density at radius 2 is 1.78 bits per heavy atom. The number of hydrazine groups is 1. The van der Waals surface area contributed by atoms with Gasteiger partial charge in [0.1, 0.15) is 6.23 Å². The van der Waals surface area contributed by atoms with Gasteiger partial charge in [-0.15, -0.1) is 0 Å². The van der Waals surface area contributed by atoms with Gasteiger partial charge >= 0.3 is 6.18 Å². The number of hydrogen-bond donors (Lipinski definition) is 6. The number of hydroxylamine groups is 1. The van der Waals surface area contributed by atoms with Crippen LogP contribution in [0.5, 0.6) is 0 Å². The minimum Gasteiger partial charge on any atom is -0.356 e. The molecule has 4 fully saturated rings. The monoisotopic (exact) mass is 518 g/mol. The fourth-order valence-corrected chi connectivity index (χ4v) is 6.10. The number of alkyl halides is 3. The first-order chi connectivity index (χ1) is 17.3. The van der Waals surface area contributed by atoms with Crippen molar-refractivity contribution in [3.63, 3.8) is 0 Å². The summed E-state index contributed by atoms with van der Waals surface area (Å²) < 4.78 is 38.6. The summed E-state index contributed by atoms with van der Waals surface area (Å²) in [5.41, 5.74) is 8.81. The van der Waals surface area contributed by atoms with E-state index in [0.29, 0.717) is 38.1 Å². The molecule has 5 atom stereocenters. The van der Waals surface area contributed by atoms with Crippen LogP contribution in [-0.4, -0.2) is 49.6 Å². The van der Waals surface area contributed by atoms with Crippen molar-refractivity contribution in [1.82, 2.24) is 32.3 Å². The predicted octanol–water partition coefficient (Wildman–Crippen LogP) is 2.16. The third-order valence-corrected chi connectivity index (χ3v) is 8.27. The third-order valence-electron chi connectivity index (χ3n) is 8.27. The molecule has 2 aliphatic carbocycles. The molecular weight excluding hydrogens is 477 g/mol. The van der Waals surface area contributed by atoms with E-state index >= 15 is 0 Å². The number of amides is 2. The van der Waals surface area contributed by atoms with Crippen molar-refractivity contribution in [3.05, 3.63) is 0 Å². The molecule has 206 valence electrons. The summed E-state index contributed by atoms with van der Waals surface area (Å²) in [6, 6.07) is 0. The molecule has 5 unspecified atom stereocenters. The molecule has 2 saturated carbocycles. The van der Waals surface area contributed by atoms with E-state index in [1.165, 1.54) is 6.42 Å². The van der Waals surface area contributed by atoms with Crippen LogP contribution in [0.2, 0.25) is 0 Å². The summed E-state index contributed by atoms with van der Waals surface area (Å²) in [5.74, 6) is -0.586. The number of hydrogen-bond acceptors (Lipinski definition) is 7. The van der Waals surface area contributed by atoms with E-state index in [9.17, 15) is 22.8 Å². The molecular formula is C24H41F3N6O3. The zero-order valence-corrected chi connectivity index (χ0v) is 20.8. The van der Waals surface area contributed by atoms with Gasteiger partial charge in [-0.2, -0.15) is 18.7 Å². The lowest BCUT2D eigenvalue weighted by atomic mass is 9.76. The average molecular weight is 519 g/mol. The molecule has 9 nitrogen and oxygen atoms in total. The minimum absolute atomic E-state index is 0.0378. The Hall–Kier alpha value is -1.47. The van der Waals surface area contributed by atoms with Gasteiger partial charge in [-0.05, 0) is 70.3 Å². The van der Waals surface area contributed by atoms with Crippen molar-refractivity contribution in [2.75, 3.05) is 13.1 Å². The van der Waals surface area contributed by atoms with Gasteiger partial charge in [0.15, 0.2) is 0 Å². The maximum atomic E-state index is 12.9. The first kappa shape index (κ1) is 27.6. The molecule has 4 rings (SSSR count). The lowest BCUT2D eigenvalue weighted by Gasteiger charge is -2.41. The van der Waals surface area contributed by atoms with Gasteiger partial charge in [0.2, 0.25) is 11.8 Å². The third kappa shape index (κ3) is 7.53. The van der Waals surface area contributed by atoms with Gasteiger partial charge < -0.3 is 10.6 Å². The highest BCUT2D eigenvalue weighted by Crippen LogP contribution is 2.40. The second-order valence-corrected chi connectivity index (χ2v) is 10.7. The van der Waals surface area contributed by atoms with Gasteiger partial charge in [0.05, 0.1) is 18.2 Å². The molecule has 2 saturated heterocycles. The molecule has 0 bridgehead atoms. The van der Waals surface area contributed by atoms with Crippen LogP contribution in [0, 0.1) is 23.7 Å². The van der Waals surface area contributed by atoms with E-state index in [0.717, 1.165) is 38.6 Å². The van der Waals surface area contributed by atoms with Gasteiger partial charge in [0, 0.05) is 24.8 Å². The number of rotatable bonds is 10.